The fourth-order valence-corrected chi connectivity index (χ4v) is 4.38. The first-order valence-corrected chi connectivity index (χ1v) is 17.2. The maximum atomic E-state index is 12.8. The highest BCUT2D eigenvalue weighted by atomic mass is 28.3. The van der Waals surface area contributed by atoms with Gasteiger partial charge in [0.05, 0.1) is 28.3 Å². The van der Waals surface area contributed by atoms with Crippen molar-refractivity contribution in [2.24, 2.45) is 5.92 Å². The maximum absolute atomic E-state index is 12.8. The first-order chi connectivity index (χ1) is 19.0. The number of hydrogen-bond acceptors (Lipinski definition) is 7. The lowest BCUT2D eigenvalue weighted by atomic mass is 10.1. The average Bonchev–Trinajstić information content (AvgIpc) is 3.27. The van der Waals surface area contributed by atoms with E-state index in [9.17, 15) is 19.7 Å². The minimum absolute atomic E-state index is 0.146. The van der Waals surface area contributed by atoms with E-state index in [-0.39, 0.29) is 24.0 Å². The summed E-state index contributed by atoms with van der Waals surface area (Å²) in [5.41, 5.74) is 0.311. The molecular formula is C29H43N5O6Si. The molecule has 2 aromatic rings. The molecule has 1 aromatic carbocycles. The summed E-state index contributed by atoms with van der Waals surface area (Å²) in [7, 11) is -1.34. The summed E-state index contributed by atoms with van der Waals surface area (Å²) in [6.07, 6.45) is 4.68. The molecule has 224 valence electrons. The zero-order valence-corrected chi connectivity index (χ0v) is 26.2. The number of nitrogens with one attached hydrogen (secondary N) is 2. The second-order valence-corrected chi connectivity index (χ2v) is 17.7. The number of carbonyl (C=O) groups is 2. The van der Waals surface area contributed by atoms with E-state index < -0.39 is 36.7 Å². The van der Waals surface area contributed by atoms with E-state index in [0.717, 1.165) is 6.04 Å². The Morgan fingerprint density at radius 2 is 1.93 bits per heavy atom. The Hall–Kier alpha value is -3.77. The second kappa shape index (κ2) is 14.2. The van der Waals surface area contributed by atoms with Crippen LogP contribution in [0, 0.1) is 16.0 Å². The Balaban J connectivity index is 2.60. The Morgan fingerprint density at radius 1 is 1.24 bits per heavy atom. The van der Waals surface area contributed by atoms with Gasteiger partial charge in [-0.25, -0.2) is 9.78 Å². The number of alkyl carbamates (subject to hydrolysis) is 1. The van der Waals surface area contributed by atoms with Gasteiger partial charge in [0, 0.05) is 38.6 Å². The molecular weight excluding hydrogens is 542 g/mol. The van der Waals surface area contributed by atoms with Crippen LogP contribution in [0.5, 0.6) is 0 Å². The van der Waals surface area contributed by atoms with E-state index in [4.69, 9.17) is 14.5 Å². The molecule has 2 amide bonds. The number of aromatic nitrogens is 2. The quantitative estimate of drug-likeness (QED) is 0.0830. The van der Waals surface area contributed by atoms with Crippen molar-refractivity contribution >= 4 is 31.4 Å². The van der Waals surface area contributed by atoms with Crippen LogP contribution < -0.4 is 10.6 Å². The van der Waals surface area contributed by atoms with Crippen LogP contribution in [-0.4, -0.2) is 46.8 Å². The van der Waals surface area contributed by atoms with Crippen molar-refractivity contribution in [3.63, 3.8) is 0 Å². The van der Waals surface area contributed by atoms with E-state index in [1.165, 1.54) is 18.2 Å². The molecule has 0 bridgehead atoms. The van der Waals surface area contributed by atoms with Gasteiger partial charge in [0.25, 0.3) is 5.69 Å². The Labute approximate surface area is 243 Å². The minimum Gasteiger partial charge on any atom is -0.444 e. The van der Waals surface area contributed by atoms with E-state index >= 15 is 0 Å². The normalized spacial score (nSPS) is 13.1. The fraction of sp³-hybridized carbons (Fsp3) is 0.483. The molecule has 2 N–H and O–H groups in total. The number of hydrogen-bond donors (Lipinski definition) is 2. The molecule has 12 heteroatoms. The van der Waals surface area contributed by atoms with Gasteiger partial charge in [0.15, 0.2) is 0 Å². The number of nitro benzene ring substituents is 1. The standard InChI is InChI=1S/C29H43N5O6Si/c1-10-12-23(32-28(36)40-29(4,5)6)25-18-33(19-39-15-16-41(7,8)9)26(30-25)22-14-13-21(34(37)38)17-24(22)31-27(35)20(3)11-2/h10-11,13-14,17-18,20,23H,1-2,12,15-16,19H2,3-9H3,(H,31,35)(H,32,36)/t20-,23+/m1/s1. The van der Waals surface area contributed by atoms with Crippen LogP contribution in [0.15, 0.2) is 49.7 Å². The monoisotopic (exact) mass is 585 g/mol. The molecule has 1 aromatic heterocycles. The molecule has 0 aliphatic rings. The molecule has 0 spiro atoms. The Morgan fingerprint density at radius 3 is 2.49 bits per heavy atom. The van der Waals surface area contributed by atoms with Crippen molar-refractivity contribution in [3.05, 3.63) is 65.5 Å². The lowest BCUT2D eigenvalue weighted by Crippen LogP contribution is -2.35. The summed E-state index contributed by atoms with van der Waals surface area (Å²) in [4.78, 5) is 41.2. The van der Waals surface area contributed by atoms with Crippen LogP contribution in [0.2, 0.25) is 25.7 Å². The van der Waals surface area contributed by atoms with Crippen LogP contribution in [0.25, 0.3) is 11.4 Å². The van der Waals surface area contributed by atoms with Crippen molar-refractivity contribution in [1.29, 1.82) is 0 Å². The third-order valence-corrected chi connectivity index (χ3v) is 7.66. The molecule has 0 unspecified atom stereocenters. The summed E-state index contributed by atoms with van der Waals surface area (Å²) in [5.74, 6) is -0.496. The highest BCUT2D eigenvalue weighted by molar-refractivity contribution is 6.76. The smallest absolute Gasteiger partial charge is 0.408 e. The number of ether oxygens (including phenoxy) is 2. The van der Waals surface area contributed by atoms with Gasteiger partial charge in [0.1, 0.15) is 18.2 Å². The van der Waals surface area contributed by atoms with Crippen molar-refractivity contribution in [2.45, 2.75) is 78.2 Å². The number of carbonyl (C=O) groups excluding carboxylic acids is 2. The molecule has 41 heavy (non-hydrogen) atoms. The van der Waals surface area contributed by atoms with E-state index in [0.29, 0.717) is 30.1 Å². The SMILES string of the molecule is C=CC[C@H](NC(=O)OC(C)(C)C)c1cn(COCC[Si](C)(C)C)c(-c2ccc([N+](=O)[O-])cc2NC(=O)[C@H](C)C=C)n1. The molecule has 0 saturated heterocycles. The van der Waals surface area contributed by atoms with Gasteiger partial charge in [-0.05, 0) is 39.3 Å². The van der Waals surface area contributed by atoms with Crippen molar-refractivity contribution < 1.29 is 24.0 Å². The summed E-state index contributed by atoms with van der Waals surface area (Å²) < 4.78 is 13.2. The van der Waals surface area contributed by atoms with Crippen LogP contribution in [0.4, 0.5) is 16.2 Å². The lowest BCUT2D eigenvalue weighted by molar-refractivity contribution is -0.384. The number of nitro groups is 1. The van der Waals surface area contributed by atoms with Gasteiger partial charge in [-0.1, -0.05) is 38.7 Å². The number of non-ortho nitro benzene ring substituents is 1. The first-order valence-electron chi connectivity index (χ1n) is 13.5. The molecule has 0 fully saturated rings. The largest absolute Gasteiger partial charge is 0.444 e. The van der Waals surface area contributed by atoms with E-state index in [1.54, 1.807) is 50.6 Å². The molecule has 11 nitrogen and oxygen atoms in total. The van der Waals surface area contributed by atoms with Gasteiger partial charge >= 0.3 is 6.09 Å². The number of rotatable bonds is 14. The van der Waals surface area contributed by atoms with Crippen LogP contribution in [-0.2, 0) is 21.0 Å². The van der Waals surface area contributed by atoms with Gasteiger partial charge in [-0.2, -0.15) is 0 Å². The minimum atomic E-state index is -1.34. The highest BCUT2D eigenvalue weighted by Crippen LogP contribution is 2.33. The number of benzene rings is 1. The summed E-state index contributed by atoms with van der Waals surface area (Å²) >= 11 is 0. The molecule has 0 aliphatic heterocycles. The molecule has 2 rings (SSSR count). The van der Waals surface area contributed by atoms with Crippen molar-refractivity contribution in [2.75, 3.05) is 11.9 Å². The van der Waals surface area contributed by atoms with Crippen LogP contribution in [0.3, 0.4) is 0 Å². The maximum Gasteiger partial charge on any atom is 0.408 e. The molecule has 0 saturated carbocycles. The van der Waals surface area contributed by atoms with Crippen molar-refractivity contribution in [3.8, 4) is 11.4 Å². The van der Waals surface area contributed by atoms with E-state index in [2.05, 4.69) is 43.4 Å². The zero-order valence-electron chi connectivity index (χ0n) is 25.2. The zero-order chi connectivity index (χ0) is 31.0. The number of imidazole rings is 1. The molecule has 0 radical (unpaired) electrons. The van der Waals surface area contributed by atoms with Crippen LogP contribution >= 0.6 is 0 Å². The van der Waals surface area contributed by atoms with Crippen molar-refractivity contribution in [1.82, 2.24) is 14.9 Å². The van der Waals surface area contributed by atoms with E-state index in [1.807, 2.05) is 0 Å². The lowest BCUT2D eigenvalue weighted by Gasteiger charge is -2.22. The summed E-state index contributed by atoms with van der Waals surface area (Å²) in [6.45, 7) is 21.9. The molecule has 1 heterocycles. The first kappa shape index (κ1) is 33.4. The topological polar surface area (TPSA) is 138 Å². The highest BCUT2D eigenvalue weighted by Gasteiger charge is 2.25. The number of amides is 2. The summed E-state index contributed by atoms with van der Waals surface area (Å²) in [6, 6.07) is 4.59. The third kappa shape index (κ3) is 10.6. The predicted molar refractivity (Wildman–Crippen MR) is 163 cm³/mol. The molecule has 0 aliphatic carbocycles. The average molecular weight is 586 g/mol. The molecule has 2 atom stereocenters. The number of anilines is 1. The predicted octanol–water partition coefficient (Wildman–Crippen LogP) is 6.67. The van der Waals surface area contributed by atoms with Gasteiger partial charge in [-0.3, -0.25) is 14.9 Å². The van der Waals surface area contributed by atoms with Gasteiger partial charge < -0.3 is 24.7 Å². The Bertz CT molecular complexity index is 1260. The Kier molecular flexibility index (Phi) is 11.6. The third-order valence-electron chi connectivity index (χ3n) is 5.95. The second-order valence-electron chi connectivity index (χ2n) is 12.0. The fourth-order valence-electron chi connectivity index (χ4n) is 3.63. The summed E-state index contributed by atoms with van der Waals surface area (Å²) in [5, 5.41) is 17.2. The number of nitrogens with zero attached hydrogens (tertiary/aromatic N) is 3. The van der Waals surface area contributed by atoms with Gasteiger partial charge in [0.2, 0.25) is 5.91 Å². The van der Waals surface area contributed by atoms with Crippen LogP contribution in [0.1, 0.15) is 45.9 Å². The van der Waals surface area contributed by atoms with Gasteiger partial charge in [-0.15, -0.1) is 13.2 Å².